The quantitative estimate of drug-likeness (QED) is 0.834. The van der Waals surface area contributed by atoms with Gasteiger partial charge in [0.1, 0.15) is 0 Å². The monoisotopic (exact) mass is 248 g/mol. The number of rotatable bonds is 3. The van der Waals surface area contributed by atoms with Crippen LogP contribution in [-0.2, 0) is 6.42 Å². The lowest BCUT2D eigenvalue weighted by molar-refractivity contribution is 0.0933. The fraction of sp³-hybridized carbons (Fsp3) is 0.615. The highest BCUT2D eigenvalue weighted by atomic mass is 16.1. The molecule has 1 heterocycles. The van der Waals surface area contributed by atoms with E-state index in [9.17, 15) is 4.79 Å². The number of nitrogens with two attached hydrogens (primary N) is 1. The molecule has 1 aromatic rings. The van der Waals surface area contributed by atoms with E-state index in [1.54, 1.807) is 6.07 Å². The van der Waals surface area contributed by atoms with Gasteiger partial charge in [0.05, 0.1) is 17.0 Å². The van der Waals surface area contributed by atoms with Gasteiger partial charge in [0, 0.05) is 12.1 Å². The van der Waals surface area contributed by atoms with Crippen LogP contribution in [0.25, 0.3) is 0 Å². The molecule has 5 heteroatoms. The lowest BCUT2D eigenvalue weighted by Crippen LogP contribution is -2.44. The van der Waals surface area contributed by atoms with Gasteiger partial charge in [0.15, 0.2) is 0 Å². The molecule has 0 spiro atoms. The van der Waals surface area contributed by atoms with E-state index in [2.05, 4.69) is 15.5 Å². The van der Waals surface area contributed by atoms with Crippen molar-refractivity contribution in [2.45, 2.75) is 51.6 Å². The van der Waals surface area contributed by atoms with Crippen molar-refractivity contribution in [1.29, 1.82) is 0 Å². The molecule has 1 aliphatic rings. The lowest BCUT2D eigenvalue weighted by atomic mass is 10.1. The smallest absolute Gasteiger partial charge is 0.253 e. The maximum Gasteiger partial charge on any atom is 0.253 e. The molecule has 1 fully saturated rings. The van der Waals surface area contributed by atoms with Gasteiger partial charge >= 0.3 is 0 Å². The van der Waals surface area contributed by atoms with Gasteiger partial charge < -0.3 is 11.1 Å². The summed E-state index contributed by atoms with van der Waals surface area (Å²) in [5.41, 5.74) is 8.09. The molecule has 2 unspecified atom stereocenters. The van der Waals surface area contributed by atoms with Crippen molar-refractivity contribution in [2.24, 2.45) is 5.73 Å². The zero-order valence-electron chi connectivity index (χ0n) is 10.9. The number of hydrogen-bond acceptors (Lipinski definition) is 4. The van der Waals surface area contributed by atoms with Crippen molar-refractivity contribution in [3.05, 3.63) is 23.0 Å². The van der Waals surface area contributed by atoms with E-state index in [1.807, 2.05) is 13.8 Å². The SMILES string of the molecule is CCc1nnc(C)cc1C(=O)NC1CCCC1N. The molecule has 3 N–H and O–H groups in total. The first-order valence-corrected chi connectivity index (χ1v) is 6.51. The van der Waals surface area contributed by atoms with Crippen LogP contribution >= 0.6 is 0 Å². The Morgan fingerprint density at radius 3 is 2.89 bits per heavy atom. The molecule has 2 rings (SSSR count). The number of hydrogen-bond donors (Lipinski definition) is 2. The van der Waals surface area contributed by atoms with Crippen LogP contribution in [0.4, 0.5) is 0 Å². The number of nitrogens with one attached hydrogen (secondary N) is 1. The Balaban J connectivity index is 2.15. The molecule has 1 amide bonds. The molecule has 1 aliphatic carbocycles. The summed E-state index contributed by atoms with van der Waals surface area (Å²) in [5, 5.41) is 11.1. The van der Waals surface area contributed by atoms with Crippen LogP contribution < -0.4 is 11.1 Å². The van der Waals surface area contributed by atoms with Gasteiger partial charge in [-0.15, -0.1) is 0 Å². The van der Waals surface area contributed by atoms with Gasteiger partial charge in [0.2, 0.25) is 0 Å². The molecular formula is C13H20N4O. The van der Waals surface area contributed by atoms with Crippen molar-refractivity contribution < 1.29 is 4.79 Å². The molecule has 18 heavy (non-hydrogen) atoms. The lowest BCUT2D eigenvalue weighted by Gasteiger charge is -2.18. The average molecular weight is 248 g/mol. The molecule has 5 nitrogen and oxygen atoms in total. The third-order valence-corrected chi connectivity index (χ3v) is 3.46. The van der Waals surface area contributed by atoms with E-state index in [-0.39, 0.29) is 18.0 Å². The Morgan fingerprint density at radius 1 is 1.50 bits per heavy atom. The van der Waals surface area contributed by atoms with E-state index in [1.165, 1.54) is 0 Å². The van der Waals surface area contributed by atoms with Crippen molar-refractivity contribution >= 4 is 5.91 Å². The molecule has 0 saturated heterocycles. The van der Waals surface area contributed by atoms with Crippen LogP contribution in [0.5, 0.6) is 0 Å². The number of aryl methyl sites for hydroxylation is 2. The third kappa shape index (κ3) is 2.67. The fourth-order valence-corrected chi connectivity index (χ4v) is 2.39. The van der Waals surface area contributed by atoms with Crippen molar-refractivity contribution in [3.8, 4) is 0 Å². The van der Waals surface area contributed by atoms with E-state index in [4.69, 9.17) is 5.73 Å². The topological polar surface area (TPSA) is 80.9 Å². The largest absolute Gasteiger partial charge is 0.348 e. The van der Waals surface area contributed by atoms with E-state index in [0.29, 0.717) is 12.0 Å². The van der Waals surface area contributed by atoms with Gasteiger partial charge in [-0.25, -0.2) is 0 Å². The predicted octanol–water partition coefficient (Wildman–Crippen LogP) is 0.957. The van der Waals surface area contributed by atoms with E-state index >= 15 is 0 Å². The van der Waals surface area contributed by atoms with Crippen LogP contribution in [0.2, 0.25) is 0 Å². The molecule has 1 aromatic heterocycles. The second-order valence-corrected chi connectivity index (χ2v) is 4.87. The highest BCUT2D eigenvalue weighted by molar-refractivity contribution is 5.95. The maximum absolute atomic E-state index is 12.2. The molecule has 0 radical (unpaired) electrons. The average Bonchev–Trinajstić information content (AvgIpc) is 2.75. The Kier molecular flexibility index (Phi) is 3.91. The van der Waals surface area contributed by atoms with Gasteiger partial charge in [-0.3, -0.25) is 4.79 Å². The number of carbonyl (C=O) groups excluding carboxylic acids is 1. The summed E-state index contributed by atoms with van der Waals surface area (Å²) in [6.07, 6.45) is 3.73. The van der Waals surface area contributed by atoms with Crippen LogP contribution in [0.3, 0.4) is 0 Å². The molecule has 0 aromatic carbocycles. The highest BCUT2D eigenvalue weighted by Crippen LogP contribution is 2.18. The zero-order valence-corrected chi connectivity index (χ0v) is 10.9. The Morgan fingerprint density at radius 2 is 2.28 bits per heavy atom. The van der Waals surface area contributed by atoms with Crippen molar-refractivity contribution in [2.75, 3.05) is 0 Å². The van der Waals surface area contributed by atoms with Gasteiger partial charge in [-0.2, -0.15) is 10.2 Å². The van der Waals surface area contributed by atoms with Crippen LogP contribution in [0.15, 0.2) is 6.07 Å². The van der Waals surface area contributed by atoms with Gasteiger partial charge in [-0.1, -0.05) is 6.92 Å². The number of nitrogens with zero attached hydrogens (tertiary/aromatic N) is 2. The first kappa shape index (κ1) is 13.0. The molecule has 98 valence electrons. The summed E-state index contributed by atoms with van der Waals surface area (Å²) in [6.45, 7) is 3.81. The predicted molar refractivity (Wildman–Crippen MR) is 69.2 cm³/mol. The van der Waals surface area contributed by atoms with Crippen molar-refractivity contribution in [1.82, 2.24) is 15.5 Å². The minimum Gasteiger partial charge on any atom is -0.348 e. The fourth-order valence-electron chi connectivity index (χ4n) is 2.39. The summed E-state index contributed by atoms with van der Waals surface area (Å²) in [6, 6.07) is 1.97. The molecule has 1 saturated carbocycles. The summed E-state index contributed by atoms with van der Waals surface area (Å²) >= 11 is 0. The van der Waals surface area contributed by atoms with E-state index in [0.717, 1.165) is 30.7 Å². The standard InChI is InChI=1S/C13H20N4O/c1-3-11-9(7-8(2)16-17-11)13(18)15-12-6-4-5-10(12)14/h7,10,12H,3-6,14H2,1-2H3,(H,15,18). The molecule has 0 aliphatic heterocycles. The second kappa shape index (κ2) is 5.44. The van der Waals surface area contributed by atoms with Crippen LogP contribution in [-0.4, -0.2) is 28.2 Å². The number of amides is 1. The summed E-state index contributed by atoms with van der Waals surface area (Å²) in [5.74, 6) is -0.0767. The maximum atomic E-state index is 12.2. The first-order chi connectivity index (χ1) is 8.61. The summed E-state index contributed by atoms with van der Waals surface area (Å²) in [4.78, 5) is 12.2. The molecule has 2 atom stereocenters. The second-order valence-electron chi connectivity index (χ2n) is 4.87. The minimum absolute atomic E-state index is 0.0767. The zero-order chi connectivity index (χ0) is 13.1. The molecular weight excluding hydrogens is 228 g/mol. The van der Waals surface area contributed by atoms with Gasteiger partial charge in [-0.05, 0) is 38.7 Å². The normalized spacial score (nSPS) is 23.1. The third-order valence-electron chi connectivity index (χ3n) is 3.46. The summed E-state index contributed by atoms with van der Waals surface area (Å²) in [7, 11) is 0. The van der Waals surface area contributed by atoms with Crippen LogP contribution in [0.1, 0.15) is 47.9 Å². The first-order valence-electron chi connectivity index (χ1n) is 6.51. The van der Waals surface area contributed by atoms with Crippen molar-refractivity contribution in [3.63, 3.8) is 0 Å². The molecule has 0 bridgehead atoms. The Labute approximate surface area is 107 Å². The Bertz CT molecular complexity index is 447. The van der Waals surface area contributed by atoms with E-state index < -0.39 is 0 Å². The number of aromatic nitrogens is 2. The van der Waals surface area contributed by atoms with Gasteiger partial charge in [0.25, 0.3) is 5.91 Å². The highest BCUT2D eigenvalue weighted by Gasteiger charge is 2.26. The number of carbonyl (C=O) groups is 1. The summed E-state index contributed by atoms with van der Waals surface area (Å²) < 4.78 is 0. The minimum atomic E-state index is -0.0767. The van der Waals surface area contributed by atoms with Crippen LogP contribution in [0, 0.1) is 6.92 Å². The Hall–Kier alpha value is -1.49.